The Hall–Kier alpha value is -4.37. The van der Waals surface area contributed by atoms with Gasteiger partial charge in [0.2, 0.25) is 5.91 Å². The number of nitriles is 1. The number of amides is 1. The van der Waals surface area contributed by atoms with Crippen molar-refractivity contribution in [3.8, 4) is 11.8 Å². The first-order valence-electron chi connectivity index (χ1n) is 13.1. The molecular formula is C28H26F2N6O4. The maximum absolute atomic E-state index is 13.4. The van der Waals surface area contributed by atoms with Gasteiger partial charge in [0.25, 0.3) is 12.0 Å². The van der Waals surface area contributed by atoms with E-state index in [4.69, 9.17) is 9.47 Å². The molecule has 1 spiro atoms. The van der Waals surface area contributed by atoms with Gasteiger partial charge in [0.15, 0.2) is 0 Å². The molecule has 2 aromatic heterocycles. The highest BCUT2D eigenvalue weighted by Gasteiger charge is 2.46. The van der Waals surface area contributed by atoms with Crippen LogP contribution in [0.2, 0.25) is 0 Å². The number of alkyl halides is 2. The number of H-pyrrole nitrogens is 1. The Labute approximate surface area is 227 Å². The summed E-state index contributed by atoms with van der Waals surface area (Å²) < 4.78 is 37.3. The summed E-state index contributed by atoms with van der Waals surface area (Å²) in [5.41, 5.74) is 0.956. The molecule has 206 valence electrons. The summed E-state index contributed by atoms with van der Waals surface area (Å²) in [4.78, 5) is 36.3. The minimum Gasteiger partial charge on any atom is -0.486 e. The molecule has 0 unspecified atom stereocenters. The second-order valence-electron chi connectivity index (χ2n) is 10.2. The smallest absolute Gasteiger partial charge is 0.275 e. The summed E-state index contributed by atoms with van der Waals surface area (Å²) in [5.74, 6) is 0.358. The summed E-state index contributed by atoms with van der Waals surface area (Å²) in [6, 6.07) is 12.0. The topological polar surface area (TPSA) is 126 Å². The third kappa shape index (κ3) is 4.66. The first-order chi connectivity index (χ1) is 19.4. The molecule has 1 saturated heterocycles. The molecule has 0 bridgehead atoms. The predicted octanol–water partition coefficient (Wildman–Crippen LogP) is 3.16. The molecule has 0 radical (unpaired) electrons. The number of carbonyl (C=O) groups is 1. The molecular weight excluding hydrogens is 522 g/mol. The van der Waals surface area contributed by atoms with Crippen LogP contribution in [0.4, 0.5) is 8.78 Å². The van der Waals surface area contributed by atoms with Gasteiger partial charge in [0, 0.05) is 18.0 Å². The monoisotopic (exact) mass is 548 g/mol. The van der Waals surface area contributed by atoms with Crippen molar-refractivity contribution in [3.05, 3.63) is 63.8 Å². The van der Waals surface area contributed by atoms with Crippen molar-refractivity contribution in [1.82, 2.24) is 24.6 Å². The average molecular weight is 549 g/mol. The summed E-state index contributed by atoms with van der Waals surface area (Å²) in [6.07, 6.45) is 0.333. The Bertz CT molecular complexity index is 1700. The van der Waals surface area contributed by atoms with Crippen molar-refractivity contribution in [2.45, 2.75) is 44.2 Å². The predicted molar refractivity (Wildman–Crippen MR) is 140 cm³/mol. The van der Waals surface area contributed by atoms with E-state index < -0.39 is 13.0 Å². The van der Waals surface area contributed by atoms with E-state index in [2.05, 4.69) is 15.1 Å². The molecule has 10 nitrogen and oxygen atoms in total. The highest BCUT2D eigenvalue weighted by Crippen LogP contribution is 2.39. The minimum absolute atomic E-state index is 0.0356. The standard InChI is InChI=1S/C28H26F2N6O4/c29-24(30)15-40-23-11-22-21(10-17(23)13-31)32-25(33-22)12-20-18-4-1-2-5-19(18)27(38)36(34-20)14-26(37)35-8-9-39-16-28(35)6-3-7-28/h1-2,4-5,10-11,24H,3,6-9,12,14-16H2,(H,32,33). The number of rotatable bonds is 7. The molecule has 1 amide bonds. The highest BCUT2D eigenvalue weighted by atomic mass is 19.3. The third-order valence-electron chi connectivity index (χ3n) is 7.67. The molecule has 2 fully saturated rings. The van der Waals surface area contributed by atoms with E-state index >= 15 is 0 Å². The van der Waals surface area contributed by atoms with Crippen molar-refractivity contribution in [2.75, 3.05) is 26.4 Å². The highest BCUT2D eigenvalue weighted by molar-refractivity contribution is 5.85. The number of nitrogens with zero attached hydrogens (tertiary/aromatic N) is 5. The molecule has 0 atom stereocenters. The fourth-order valence-electron chi connectivity index (χ4n) is 5.57. The van der Waals surface area contributed by atoms with E-state index in [0.717, 1.165) is 19.3 Å². The van der Waals surface area contributed by atoms with Crippen molar-refractivity contribution < 1.29 is 23.0 Å². The van der Waals surface area contributed by atoms with Crippen LogP contribution in [0.3, 0.4) is 0 Å². The molecule has 1 aliphatic heterocycles. The van der Waals surface area contributed by atoms with Crippen molar-refractivity contribution in [2.24, 2.45) is 0 Å². The SMILES string of the molecule is N#Cc1cc2nc(Cc3nn(CC(=O)N4CCOCC45CCC5)c(=O)c4ccccc34)[nH]c2cc1OCC(F)F. The number of hydrogen-bond acceptors (Lipinski definition) is 7. The van der Waals surface area contributed by atoms with Crippen LogP contribution >= 0.6 is 0 Å². The third-order valence-corrected chi connectivity index (χ3v) is 7.67. The Morgan fingerprint density at radius 2 is 2.05 bits per heavy atom. The lowest BCUT2D eigenvalue weighted by Gasteiger charge is -2.52. The zero-order valence-corrected chi connectivity index (χ0v) is 21.5. The number of halogens is 2. The molecule has 4 aromatic rings. The molecule has 3 heterocycles. The van der Waals surface area contributed by atoms with Gasteiger partial charge in [-0.1, -0.05) is 18.2 Å². The second-order valence-corrected chi connectivity index (χ2v) is 10.2. The van der Waals surface area contributed by atoms with Crippen molar-refractivity contribution in [1.29, 1.82) is 5.26 Å². The zero-order chi connectivity index (χ0) is 27.9. The van der Waals surface area contributed by atoms with Gasteiger partial charge in [-0.2, -0.15) is 10.4 Å². The Balaban J connectivity index is 1.33. The van der Waals surface area contributed by atoms with Gasteiger partial charge in [-0.15, -0.1) is 0 Å². The maximum Gasteiger partial charge on any atom is 0.275 e. The molecule has 2 aromatic carbocycles. The van der Waals surface area contributed by atoms with Crippen LogP contribution in [-0.2, 0) is 22.5 Å². The van der Waals surface area contributed by atoms with E-state index in [1.54, 1.807) is 24.3 Å². The summed E-state index contributed by atoms with van der Waals surface area (Å²) >= 11 is 0. The number of aromatic amines is 1. The van der Waals surface area contributed by atoms with E-state index in [-0.39, 0.29) is 41.3 Å². The Kier molecular flexibility index (Phi) is 6.67. The van der Waals surface area contributed by atoms with E-state index in [0.29, 0.717) is 53.1 Å². The summed E-state index contributed by atoms with van der Waals surface area (Å²) in [5, 5.41) is 15.1. The van der Waals surface area contributed by atoms with E-state index in [9.17, 15) is 23.6 Å². The van der Waals surface area contributed by atoms with Gasteiger partial charge in [-0.25, -0.2) is 18.4 Å². The number of nitrogens with one attached hydrogen (secondary N) is 1. The average Bonchev–Trinajstić information content (AvgIpc) is 3.33. The van der Waals surface area contributed by atoms with Crippen LogP contribution in [-0.4, -0.2) is 68.9 Å². The summed E-state index contributed by atoms with van der Waals surface area (Å²) in [6.45, 7) is 0.449. The lowest BCUT2D eigenvalue weighted by molar-refractivity contribution is -0.159. The van der Waals surface area contributed by atoms with Gasteiger partial charge in [-0.3, -0.25) is 9.59 Å². The minimum atomic E-state index is -2.68. The molecule has 1 aliphatic carbocycles. The van der Waals surface area contributed by atoms with Crippen molar-refractivity contribution in [3.63, 3.8) is 0 Å². The quantitative estimate of drug-likeness (QED) is 0.376. The van der Waals surface area contributed by atoms with Gasteiger partial charge < -0.3 is 19.4 Å². The molecule has 12 heteroatoms. The van der Waals surface area contributed by atoms with Gasteiger partial charge in [0.1, 0.15) is 30.8 Å². The lowest BCUT2D eigenvalue weighted by atomic mass is 9.75. The molecule has 2 aliphatic rings. The number of carbonyl (C=O) groups excluding carboxylic acids is 1. The van der Waals surface area contributed by atoms with E-state index in [1.807, 2.05) is 11.0 Å². The van der Waals surface area contributed by atoms with Crippen LogP contribution in [0.1, 0.15) is 36.3 Å². The molecule has 1 N–H and O–H groups in total. The second kappa shape index (κ2) is 10.3. The number of hydrogen-bond donors (Lipinski definition) is 1. The molecule has 6 rings (SSSR count). The number of imidazole rings is 1. The number of morpholine rings is 1. The fourth-order valence-corrected chi connectivity index (χ4v) is 5.57. The molecule has 1 saturated carbocycles. The number of ether oxygens (including phenoxy) is 2. The van der Waals surface area contributed by atoms with Gasteiger partial charge >= 0.3 is 0 Å². The zero-order valence-electron chi connectivity index (χ0n) is 21.5. The summed E-state index contributed by atoms with van der Waals surface area (Å²) in [7, 11) is 0. The normalized spacial score (nSPS) is 16.4. The number of aromatic nitrogens is 4. The molecule has 40 heavy (non-hydrogen) atoms. The van der Waals surface area contributed by atoms with Crippen molar-refractivity contribution >= 4 is 27.7 Å². The van der Waals surface area contributed by atoms with Crippen LogP contribution < -0.4 is 10.3 Å². The van der Waals surface area contributed by atoms with Crippen LogP contribution in [0.15, 0.2) is 41.2 Å². The van der Waals surface area contributed by atoms with Crippen LogP contribution in [0, 0.1) is 11.3 Å². The van der Waals surface area contributed by atoms with Gasteiger partial charge in [-0.05, 0) is 31.4 Å². The number of benzene rings is 2. The van der Waals surface area contributed by atoms with E-state index in [1.165, 1.54) is 16.8 Å². The fraction of sp³-hybridized carbons (Fsp3) is 0.393. The van der Waals surface area contributed by atoms with Crippen LogP contribution in [0.25, 0.3) is 21.8 Å². The van der Waals surface area contributed by atoms with Gasteiger partial charge in [0.05, 0.1) is 52.9 Å². The lowest BCUT2D eigenvalue weighted by Crippen LogP contribution is -2.63. The maximum atomic E-state index is 13.4. The Morgan fingerprint density at radius 3 is 2.77 bits per heavy atom. The van der Waals surface area contributed by atoms with Crippen LogP contribution in [0.5, 0.6) is 5.75 Å². The largest absolute Gasteiger partial charge is 0.486 e. The first-order valence-corrected chi connectivity index (χ1v) is 13.1. The first kappa shape index (κ1) is 25.9. The Morgan fingerprint density at radius 1 is 1.25 bits per heavy atom. The number of fused-ring (bicyclic) bond motifs is 2.